The summed E-state index contributed by atoms with van der Waals surface area (Å²) in [4.78, 5) is 3.70. The number of fused-ring (bicyclic) bond motifs is 3. The van der Waals surface area contributed by atoms with Gasteiger partial charge in [-0.2, -0.15) is 0 Å². The zero-order valence-corrected chi connectivity index (χ0v) is 14.3. The molecule has 1 aromatic heterocycles. The van der Waals surface area contributed by atoms with Gasteiger partial charge in [-0.3, -0.25) is 0 Å². The van der Waals surface area contributed by atoms with Crippen molar-refractivity contribution in [2.24, 2.45) is 0 Å². The number of nitrogens with one attached hydrogen (secondary N) is 1. The molecule has 2 aromatic carbocycles. The molecule has 23 heavy (non-hydrogen) atoms. The zero-order valence-electron chi connectivity index (χ0n) is 13.5. The van der Waals surface area contributed by atoms with Gasteiger partial charge in [0, 0.05) is 27.5 Å². The molecule has 4 rings (SSSR count). The number of rotatable bonds is 2. The summed E-state index contributed by atoms with van der Waals surface area (Å²) < 4.78 is 0. The van der Waals surface area contributed by atoms with Crippen LogP contribution in [0.25, 0.3) is 10.9 Å². The van der Waals surface area contributed by atoms with Crippen LogP contribution in [0.1, 0.15) is 54.5 Å². The van der Waals surface area contributed by atoms with Gasteiger partial charge in [0.15, 0.2) is 0 Å². The van der Waals surface area contributed by atoms with Crippen LogP contribution in [0.2, 0.25) is 5.02 Å². The molecule has 1 unspecified atom stereocenters. The van der Waals surface area contributed by atoms with Gasteiger partial charge in [0.2, 0.25) is 0 Å². The van der Waals surface area contributed by atoms with Crippen LogP contribution in [0.4, 0.5) is 0 Å². The normalized spacial score (nSPS) is 17.9. The smallest absolute Gasteiger partial charge is 0.0460 e. The van der Waals surface area contributed by atoms with Crippen LogP contribution in [0, 0.1) is 0 Å². The lowest BCUT2D eigenvalue weighted by molar-refractivity contribution is 0.651. The van der Waals surface area contributed by atoms with E-state index in [2.05, 4.69) is 48.3 Å². The first-order valence-electron chi connectivity index (χ1n) is 8.65. The van der Waals surface area contributed by atoms with Gasteiger partial charge in [-0.15, -0.1) is 0 Å². The van der Waals surface area contributed by atoms with Crippen molar-refractivity contribution in [3.05, 3.63) is 69.9 Å². The van der Waals surface area contributed by atoms with Crippen LogP contribution in [0.15, 0.2) is 42.5 Å². The Morgan fingerprint density at radius 2 is 1.91 bits per heavy atom. The largest absolute Gasteiger partial charge is 0.358 e. The summed E-state index contributed by atoms with van der Waals surface area (Å²) in [6.45, 7) is 2.21. The van der Waals surface area contributed by atoms with Crippen LogP contribution < -0.4 is 0 Å². The highest BCUT2D eigenvalue weighted by Gasteiger charge is 2.24. The quantitative estimate of drug-likeness (QED) is 0.537. The first kappa shape index (κ1) is 14.8. The van der Waals surface area contributed by atoms with Gasteiger partial charge in [0.25, 0.3) is 0 Å². The highest BCUT2D eigenvalue weighted by atomic mass is 35.5. The Morgan fingerprint density at radius 1 is 1.09 bits per heavy atom. The SMILES string of the molecule is CCc1ccc(C2CCCCc3c2[nH]c2ccc(Cl)cc32)cc1. The van der Waals surface area contributed by atoms with Crippen molar-refractivity contribution < 1.29 is 0 Å². The van der Waals surface area contributed by atoms with Crippen molar-refractivity contribution in [3.63, 3.8) is 0 Å². The Balaban J connectivity index is 1.84. The van der Waals surface area contributed by atoms with E-state index < -0.39 is 0 Å². The number of hydrogen-bond donors (Lipinski definition) is 1. The maximum Gasteiger partial charge on any atom is 0.0460 e. The van der Waals surface area contributed by atoms with E-state index in [0.29, 0.717) is 5.92 Å². The van der Waals surface area contributed by atoms with Crippen molar-refractivity contribution >= 4 is 22.5 Å². The fraction of sp³-hybridized carbons (Fsp3) is 0.333. The minimum absolute atomic E-state index is 0.476. The van der Waals surface area contributed by atoms with Crippen molar-refractivity contribution in [2.75, 3.05) is 0 Å². The van der Waals surface area contributed by atoms with E-state index in [-0.39, 0.29) is 0 Å². The van der Waals surface area contributed by atoms with Crippen LogP contribution in [-0.4, -0.2) is 4.98 Å². The average molecular weight is 324 g/mol. The third-order valence-electron chi connectivity index (χ3n) is 5.21. The highest BCUT2D eigenvalue weighted by Crippen LogP contribution is 2.39. The molecule has 3 aromatic rings. The predicted octanol–water partition coefficient (Wildman–Crippen LogP) is 6.24. The summed E-state index contributed by atoms with van der Waals surface area (Å²) >= 11 is 6.23. The zero-order chi connectivity index (χ0) is 15.8. The summed E-state index contributed by atoms with van der Waals surface area (Å²) in [5, 5.41) is 2.14. The Labute approximate surface area is 142 Å². The van der Waals surface area contributed by atoms with Gasteiger partial charge < -0.3 is 4.98 Å². The molecule has 0 amide bonds. The van der Waals surface area contributed by atoms with Gasteiger partial charge in [-0.1, -0.05) is 49.2 Å². The number of H-pyrrole nitrogens is 1. The van der Waals surface area contributed by atoms with Crippen molar-refractivity contribution in [3.8, 4) is 0 Å². The Bertz CT molecular complexity index is 829. The molecule has 1 atom stereocenters. The van der Waals surface area contributed by atoms with E-state index >= 15 is 0 Å². The van der Waals surface area contributed by atoms with Gasteiger partial charge in [-0.05, 0) is 60.6 Å². The minimum Gasteiger partial charge on any atom is -0.358 e. The second kappa shape index (κ2) is 6.05. The fourth-order valence-electron chi connectivity index (χ4n) is 3.92. The topological polar surface area (TPSA) is 15.8 Å². The van der Waals surface area contributed by atoms with E-state index in [9.17, 15) is 0 Å². The molecule has 1 N–H and O–H groups in total. The molecule has 0 bridgehead atoms. The predicted molar refractivity (Wildman–Crippen MR) is 98.5 cm³/mol. The lowest BCUT2D eigenvalue weighted by Gasteiger charge is -2.16. The number of aromatic amines is 1. The maximum atomic E-state index is 6.23. The number of hydrogen-bond acceptors (Lipinski definition) is 0. The van der Waals surface area contributed by atoms with Crippen LogP contribution in [-0.2, 0) is 12.8 Å². The van der Waals surface area contributed by atoms with Crippen molar-refractivity contribution in [1.29, 1.82) is 0 Å². The molecule has 0 aliphatic heterocycles. The lowest BCUT2D eigenvalue weighted by atomic mass is 9.90. The second-order valence-corrected chi connectivity index (χ2v) is 7.04. The Hall–Kier alpha value is -1.73. The van der Waals surface area contributed by atoms with Crippen LogP contribution >= 0.6 is 11.6 Å². The molecule has 0 radical (unpaired) electrons. The fourth-order valence-corrected chi connectivity index (χ4v) is 4.09. The summed E-state index contributed by atoms with van der Waals surface area (Å²) in [5.74, 6) is 0.476. The van der Waals surface area contributed by atoms with Gasteiger partial charge in [-0.25, -0.2) is 0 Å². The van der Waals surface area contributed by atoms with E-state index in [1.807, 2.05) is 6.07 Å². The van der Waals surface area contributed by atoms with E-state index in [4.69, 9.17) is 11.6 Å². The van der Waals surface area contributed by atoms with E-state index in [1.54, 1.807) is 0 Å². The summed E-state index contributed by atoms with van der Waals surface area (Å²) in [6, 6.07) is 15.4. The molecular weight excluding hydrogens is 302 g/mol. The molecule has 1 heterocycles. The molecule has 0 saturated carbocycles. The van der Waals surface area contributed by atoms with Crippen LogP contribution in [0.5, 0.6) is 0 Å². The maximum absolute atomic E-state index is 6.23. The minimum atomic E-state index is 0.476. The third-order valence-corrected chi connectivity index (χ3v) is 5.44. The first-order valence-corrected chi connectivity index (χ1v) is 9.03. The molecule has 1 aliphatic carbocycles. The molecule has 0 saturated heterocycles. The molecule has 1 nitrogen and oxygen atoms in total. The monoisotopic (exact) mass is 323 g/mol. The van der Waals surface area contributed by atoms with E-state index in [0.717, 1.165) is 17.9 Å². The number of aromatic nitrogens is 1. The Kier molecular flexibility index (Phi) is 3.90. The average Bonchev–Trinajstić information content (AvgIpc) is 2.79. The van der Waals surface area contributed by atoms with Gasteiger partial charge in [0.05, 0.1) is 0 Å². The summed E-state index contributed by atoms with van der Waals surface area (Å²) in [6.07, 6.45) is 6.01. The molecule has 118 valence electrons. The standard InChI is InChI=1S/C21H22ClN/c1-2-14-7-9-15(10-8-14)17-5-3-4-6-18-19-13-16(22)11-12-20(19)23-21(17)18/h7-13,17,23H,2-6H2,1H3. The molecule has 2 heteroatoms. The second-order valence-electron chi connectivity index (χ2n) is 6.60. The number of aryl methyl sites for hydroxylation is 2. The molecule has 0 spiro atoms. The van der Waals surface area contributed by atoms with Crippen LogP contribution in [0.3, 0.4) is 0 Å². The third kappa shape index (κ3) is 2.68. The lowest BCUT2D eigenvalue weighted by Crippen LogP contribution is -2.02. The molecule has 0 fully saturated rings. The summed E-state index contributed by atoms with van der Waals surface area (Å²) in [5.41, 5.74) is 6.94. The first-order chi connectivity index (χ1) is 11.3. The van der Waals surface area contributed by atoms with Gasteiger partial charge in [0.1, 0.15) is 0 Å². The highest BCUT2D eigenvalue weighted by molar-refractivity contribution is 6.31. The number of halogens is 1. The van der Waals surface area contributed by atoms with Gasteiger partial charge >= 0.3 is 0 Å². The van der Waals surface area contributed by atoms with Crippen molar-refractivity contribution in [2.45, 2.75) is 44.9 Å². The van der Waals surface area contributed by atoms with E-state index in [1.165, 1.54) is 52.5 Å². The molecule has 1 aliphatic rings. The number of benzene rings is 2. The van der Waals surface area contributed by atoms with Crippen molar-refractivity contribution in [1.82, 2.24) is 4.98 Å². The Morgan fingerprint density at radius 3 is 2.70 bits per heavy atom. The molecular formula is C21H22ClN. The summed E-state index contributed by atoms with van der Waals surface area (Å²) in [7, 11) is 0.